The van der Waals surface area contributed by atoms with E-state index in [9.17, 15) is 26.7 Å². The lowest BCUT2D eigenvalue weighted by Crippen LogP contribution is -2.22. The average molecular weight is 373 g/mol. The zero-order valence-corrected chi connectivity index (χ0v) is 14.0. The summed E-state index contributed by atoms with van der Waals surface area (Å²) < 4.78 is 65.5. The van der Waals surface area contributed by atoms with Gasteiger partial charge in [0, 0.05) is 0 Å². The Morgan fingerprint density at radius 3 is 2.24 bits per heavy atom. The molecular weight excluding hydrogens is 359 g/mol. The molecule has 2 aromatic carbocycles. The molecule has 1 unspecified atom stereocenters. The second-order valence-electron chi connectivity index (χ2n) is 5.08. The summed E-state index contributed by atoms with van der Waals surface area (Å²) in [5, 5.41) is 0. The van der Waals surface area contributed by atoms with Crippen LogP contribution in [0.15, 0.2) is 42.5 Å². The molecule has 1 atom stereocenters. The van der Waals surface area contributed by atoms with Gasteiger partial charge >= 0.3 is 12.1 Å². The van der Waals surface area contributed by atoms with E-state index in [1.165, 1.54) is 12.1 Å². The molecule has 0 aliphatic carbocycles. The summed E-state index contributed by atoms with van der Waals surface area (Å²) in [4.78, 5) is 11.9. The molecule has 2 aromatic rings. The van der Waals surface area contributed by atoms with Crippen molar-refractivity contribution in [3.63, 3.8) is 0 Å². The van der Waals surface area contributed by atoms with Gasteiger partial charge in [0.15, 0.2) is 0 Å². The lowest BCUT2D eigenvalue weighted by atomic mass is 10.1. The fourth-order valence-corrected chi connectivity index (χ4v) is 2.79. The van der Waals surface area contributed by atoms with Gasteiger partial charge in [-0.2, -0.15) is 13.2 Å². The summed E-state index contributed by atoms with van der Waals surface area (Å²) in [7, 11) is 1.01. The molecule has 9 heteroatoms. The summed E-state index contributed by atoms with van der Waals surface area (Å²) >= 11 is -2.62. The van der Waals surface area contributed by atoms with E-state index in [4.69, 9.17) is 0 Å². The number of hydrogen-bond donors (Lipinski definition) is 1. The maximum absolute atomic E-state index is 12.9. The van der Waals surface area contributed by atoms with Crippen molar-refractivity contribution in [3.8, 4) is 0 Å². The van der Waals surface area contributed by atoms with Gasteiger partial charge in [-0.15, -0.1) is 0 Å². The smallest absolute Gasteiger partial charge is 0.416 e. The molecule has 0 saturated heterocycles. The zero-order valence-electron chi connectivity index (χ0n) is 13.2. The minimum atomic E-state index is -4.67. The van der Waals surface area contributed by atoms with Gasteiger partial charge in [-0.25, -0.2) is 13.3 Å². The van der Waals surface area contributed by atoms with Crippen molar-refractivity contribution in [1.82, 2.24) is 0 Å². The van der Waals surface area contributed by atoms with Crippen LogP contribution in [0.4, 0.5) is 24.5 Å². The minimum absolute atomic E-state index is 0.176. The van der Waals surface area contributed by atoms with Crippen molar-refractivity contribution in [2.45, 2.75) is 13.1 Å². The van der Waals surface area contributed by atoms with Crippen molar-refractivity contribution in [2.24, 2.45) is 0 Å². The van der Waals surface area contributed by atoms with Crippen LogP contribution in [0.3, 0.4) is 0 Å². The van der Waals surface area contributed by atoms with E-state index in [0.717, 1.165) is 29.1 Å². The van der Waals surface area contributed by atoms with Crippen LogP contribution < -0.4 is 4.31 Å². The highest BCUT2D eigenvalue weighted by molar-refractivity contribution is 7.81. The Labute approximate surface area is 144 Å². The molecular formula is C16H14F3NO4S. The Hall–Kier alpha value is -2.39. The predicted molar refractivity (Wildman–Crippen MR) is 86.9 cm³/mol. The first-order valence-corrected chi connectivity index (χ1v) is 7.99. The first kappa shape index (κ1) is 18.9. The molecule has 0 aliphatic heterocycles. The highest BCUT2D eigenvalue weighted by atomic mass is 32.2. The van der Waals surface area contributed by atoms with Gasteiger partial charge in [0.2, 0.25) is 0 Å². The van der Waals surface area contributed by atoms with Gasteiger partial charge in [0.1, 0.15) is 0 Å². The lowest BCUT2D eigenvalue weighted by Gasteiger charge is -2.23. The van der Waals surface area contributed by atoms with E-state index in [1.807, 2.05) is 6.92 Å². The normalized spacial score (nSPS) is 12.6. The second-order valence-corrected chi connectivity index (χ2v) is 5.91. The van der Waals surface area contributed by atoms with E-state index in [1.54, 1.807) is 12.1 Å². The molecule has 0 bridgehead atoms. The van der Waals surface area contributed by atoms with Gasteiger partial charge in [-0.05, 0) is 37.3 Å². The number of esters is 1. The van der Waals surface area contributed by atoms with E-state index in [2.05, 4.69) is 4.74 Å². The third-order valence-electron chi connectivity index (χ3n) is 3.37. The number of methoxy groups -OCH3 is 1. The lowest BCUT2D eigenvalue weighted by molar-refractivity contribution is -0.137. The Morgan fingerprint density at radius 2 is 1.76 bits per heavy atom. The van der Waals surface area contributed by atoms with Crippen molar-refractivity contribution in [3.05, 3.63) is 59.2 Å². The van der Waals surface area contributed by atoms with Crippen LogP contribution in [-0.2, 0) is 22.2 Å². The van der Waals surface area contributed by atoms with Gasteiger partial charge in [0.05, 0.1) is 29.6 Å². The quantitative estimate of drug-likeness (QED) is 0.648. The van der Waals surface area contributed by atoms with E-state index in [0.29, 0.717) is 6.07 Å². The Kier molecular flexibility index (Phi) is 5.48. The molecule has 0 saturated carbocycles. The molecule has 5 nitrogen and oxygen atoms in total. The highest BCUT2D eigenvalue weighted by Crippen LogP contribution is 2.36. The summed E-state index contributed by atoms with van der Waals surface area (Å²) in [6, 6.07) is 8.65. The Balaban J connectivity index is 2.66. The molecule has 0 fully saturated rings. The summed E-state index contributed by atoms with van der Waals surface area (Å²) in [5.74, 6) is -1.05. The van der Waals surface area contributed by atoms with Crippen LogP contribution in [0.25, 0.3) is 0 Å². The van der Waals surface area contributed by atoms with Gasteiger partial charge in [-0.1, -0.05) is 17.7 Å². The van der Waals surface area contributed by atoms with E-state index < -0.39 is 34.5 Å². The molecule has 25 heavy (non-hydrogen) atoms. The number of ether oxygens (including phenoxy) is 1. The molecule has 0 heterocycles. The Morgan fingerprint density at radius 1 is 1.16 bits per heavy atom. The van der Waals surface area contributed by atoms with Gasteiger partial charge in [0.25, 0.3) is 11.3 Å². The number of benzene rings is 2. The van der Waals surface area contributed by atoms with Gasteiger partial charge in [-0.3, -0.25) is 4.55 Å². The molecule has 2 rings (SSSR count). The molecule has 0 aromatic heterocycles. The number of nitrogens with zero attached hydrogens (tertiary/aromatic N) is 1. The standard InChI is InChI=1S/C16H14F3NO4S/c1-10-3-6-12(7-4-10)20(25(22)23)14-8-5-11(16(17,18)19)9-13(14)15(21)24-2/h3-9H,1-2H3,(H,22,23). The van der Waals surface area contributed by atoms with Crippen LogP contribution in [0.1, 0.15) is 21.5 Å². The summed E-state index contributed by atoms with van der Waals surface area (Å²) in [5.41, 5.74) is -0.599. The fourth-order valence-electron chi connectivity index (χ4n) is 2.16. The third kappa shape index (κ3) is 4.18. The second kappa shape index (κ2) is 7.24. The number of aryl methyl sites for hydroxylation is 1. The number of rotatable bonds is 4. The highest BCUT2D eigenvalue weighted by Gasteiger charge is 2.33. The number of alkyl halides is 3. The number of carbonyl (C=O) groups excluding carboxylic acids is 1. The molecule has 0 radical (unpaired) electrons. The summed E-state index contributed by atoms with van der Waals surface area (Å²) in [6.45, 7) is 1.81. The molecule has 0 spiro atoms. The fraction of sp³-hybridized carbons (Fsp3) is 0.188. The maximum Gasteiger partial charge on any atom is 0.416 e. The van der Waals surface area contributed by atoms with Crippen LogP contribution >= 0.6 is 0 Å². The van der Waals surface area contributed by atoms with Crippen LogP contribution in [0.5, 0.6) is 0 Å². The number of hydrogen-bond acceptors (Lipinski definition) is 3. The Bertz CT molecular complexity index is 806. The molecule has 134 valence electrons. The third-order valence-corrected chi connectivity index (χ3v) is 4.09. The van der Waals surface area contributed by atoms with E-state index in [-0.39, 0.29) is 11.4 Å². The van der Waals surface area contributed by atoms with Crippen molar-refractivity contribution in [2.75, 3.05) is 11.4 Å². The predicted octanol–water partition coefficient (Wildman–Crippen LogP) is 4.08. The number of carbonyl (C=O) groups is 1. The first-order chi connectivity index (χ1) is 11.6. The van der Waals surface area contributed by atoms with Crippen molar-refractivity contribution >= 4 is 28.6 Å². The van der Waals surface area contributed by atoms with Crippen molar-refractivity contribution < 1.29 is 31.5 Å². The first-order valence-electron chi connectivity index (χ1n) is 6.92. The number of halogens is 3. The maximum atomic E-state index is 12.9. The minimum Gasteiger partial charge on any atom is -0.465 e. The largest absolute Gasteiger partial charge is 0.465 e. The topological polar surface area (TPSA) is 66.8 Å². The molecule has 1 N–H and O–H groups in total. The van der Waals surface area contributed by atoms with E-state index >= 15 is 0 Å². The van der Waals surface area contributed by atoms with Gasteiger partial charge < -0.3 is 4.74 Å². The summed E-state index contributed by atoms with van der Waals surface area (Å²) in [6.07, 6.45) is -4.67. The number of anilines is 2. The van der Waals surface area contributed by atoms with Crippen LogP contribution in [0.2, 0.25) is 0 Å². The monoisotopic (exact) mass is 373 g/mol. The van der Waals surface area contributed by atoms with Crippen LogP contribution in [0, 0.1) is 6.92 Å². The SMILES string of the molecule is COC(=O)c1cc(C(F)(F)F)ccc1N(c1ccc(C)cc1)S(=O)O. The molecule has 0 amide bonds. The molecule has 0 aliphatic rings. The average Bonchev–Trinajstić information content (AvgIpc) is 2.55. The van der Waals surface area contributed by atoms with Crippen LogP contribution in [-0.4, -0.2) is 21.8 Å². The van der Waals surface area contributed by atoms with Crippen molar-refractivity contribution in [1.29, 1.82) is 0 Å². The zero-order chi connectivity index (χ0) is 18.8.